The van der Waals surface area contributed by atoms with Gasteiger partial charge in [0, 0.05) is 52.4 Å². The van der Waals surface area contributed by atoms with E-state index in [4.69, 9.17) is 9.47 Å². The highest BCUT2D eigenvalue weighted by molar-refractivity contribution is 4.67. The van der Waals surface area contributed by atoms with Crippen molar-refractivity contribution in [3.05, 3.63) is 0 Å². The van der Waals surface area contributed by atoms with Crippen molar-refractivity contribution in [1.29, 1.82) is 0 Å². The molecule has 156 valence electrons. The van der Waals surface area contributed by atoms with Crippen molar-refractivity contribution < 1.29 is 9.47 Å². The number of nitrogens with zero attached hydrogens (tertiary/aromatic N) is 1. The molecule has 4 rings (SSSR count). The van der Waals surface area contributed by atoms with Gasteiger partial charge in [0.25, 0.3) is 0 Å². The SMILES string of the molecule is C1CCNC1.C1COCCN1.CC1CNCC(C)O1.CN1CCNCC1. The zero-order valence-electron chi connectivity index (χ0n) is 17.3. The summed E-state index contributed by atoms with van der Waals surface area (Å²) in [5, 5.41) is 12.9. The fourth-order valence-electron chi connectivity index (χ4n) is 2.90. The van der Waals surface area contributed by atoms with Crippen LogP contribution in [0.3, 0.4) is 0 Å². The first-order valence-electron chi connectivity index (χ1n) is 10.4. The smallest absolute Gasteiger partial charge is 0.0675 e. The van der Waals surface area contributed by atoms with E-state index in [0.29, 0.717) is 12.2 Å². The van der Waals surface area contributed by atoms with E-state index in [1.165, 1.54) is 39.0 Å². The fourth-order valence-corrected chi connectivity index (χ4v) is 2.90. The van der Waals surface area contributed by atoms with Crippen LogP contribution >= 0.6 is 0 Å². The van der Waals surface area contributed by atoms with Crippen molar-refractivity contribution in [3.8, 4) is 0 Å². The number of hydrogen-bond acceptors (Lipinski definition) is 7. The number of hydrogen-bond donors (Lipinski definition) is 4. The molecule has 0 amide bonds. The Balaban J connectivity index is 0.000000176. The van der Waals surface area contributed by atoms with Crippen molar-refractivity contribution >= 4 is 0 Å². The summed E-state index contributed by atoms with van der Waals surface area (Å²) in [5.74, 6) is 0. The summed E-state index contributed by atoms with van der Waals surface area (Å²) in [7, 11) is 2.15. The van der Waals surface area contributed by atoms with Gasteiger partial charge in [-0.25, -0.2) is 0 Å². The molecular formula is C19H43N5O2. The summed E-state index contributed by atoms with van der Waals surface area (Å²) in [6, 6.07) is 0. The van der Waals surface area contributed by atoms with Gasteiger partial charge in [0.05, 0.1) is 25.4 Å². The van der Waals surface area contributed by atoms with Gasteiger partial charge < -0.3 is 35.6 Å². The molecule has 0 aromatic rings. The quantitative estimate of drug-likeness (QED) is 0.472. The maximum absolute atomic E-state index is 5.42. The first-order valence-corrected chi connectivity index (χ1v) is 10.4. The second-order valence-corrected chi connectivity index (χ2v) is 7.29. The molecule has 4 N–H and O–H groups in total. The predicted octanol–water partition coefficient (Wildman–Crippen LogP) is -0.119. The van der Waals surface area contributed by atoms with Crippen LogP contribution in [-0.2, 0) is 9.47 Å². The topological polar surface area (TPSA) is 69.8 Å². The van der Waals surface area contributed by atoms with Gasteiger partial charge in [0.15, 0.2) is 0 Å². The highest BCUT2D eigenvalue weighted by Gasteiger charge is 2.12. The third-order valence-corrected chi connectivity index (χ3v) is 4.47. The summed E-state index contributed by atoms with van der Waals surface area (Å²) < 4.78 is 10.4. The van der Waals surface area contributed by atoms with Gasteiger partial charge in [-0.2, -0.15) is 0 Å². The standard InChI is InChI=1S/C6H13NO.C5H12N2.C4H9NO.C4H9N/c1-5-3-7-4-6(2)8-5;1-7-4-2-6-3-5-7;1-3-6-4-2-5-1;1-2-4-5-3-1/h5-7H,3-4H2,1-2H3;6H,2-5H2,1H3;5H,1-4H2;5H,1-4H2. The van der Waals surface area contributed by atoms with E-state index in [-0.39, 0.29) is 0 Å². The van der Waals surface area contributed by atoms with Crippen LogP contribution in [0, 0.1) is 0 Å². The lowest BCUT2D eigenvalue weighted by Gasteiger charge is -2.25. The molecule has 4 heterocycles. The summed E-state index contributed by atoms with van der Waals surface area (Å²) in [6.45, 7) is 17.3. The van der Waals surface area contributed by atoms with Gasteiger partial charge in [-0.3, -0.25) is 0 Å². The third kappa shape index (κ3) is 14.8. The number of morpholine rings is 2. The molecule has 2 atom stereocenters. The van der Waals surface area contributed by atoms with Crippen LogP contribution in [0.2, 0.25) is 0 Å². The molecule has 2 unspecified atom stereocenters. The molecular weight excluding hydrogens is 330 g/mol. The molecule has 0 bridgehead atoms. The molecule has 4 aliphatic rings. The van der Waals surface area contributed by atoms with Crippen LogP contribution in [0.1, 0.15) is 26.7 Å². The highest BCUT2D eigenvalue weighted by Crippen LogP contribution is 2.00. The van der Waals surface area contributed by atoms with Crippen LogP contribution in [0.25, 0.3) is 0 Å². The Bertz CT molecular complexity index is 269. The zero-order chi connectivity index (χ0) is 18.9. The number of piperazine rings is 1. The summed E-state index contributed by atoms with van der Waals surface area (Å²) in [6.07, 6.45) is 3.58. The minimum atomic E-state index is 0.402. The van der Waals surface area contributed by atoms with Crippen LogP contribution in [0.15, 0.2) is 0 Å². The molecule has 26 heavy (non-hydrogen) atoms. The van der Waals surface area contributed by atoms with E-state index < -0.39 is 0 Å². The molecule has 0 radical (unpaired) electrons. The molecule has 7 heteroatoms. The van der Waals surface area contributed by atoms with Gasteiger partial charge in [-0.1, -0.05) is 0 Å². The average molecular weight is 374 g/mol. The zero-order valence-corrected chi connectivity index (χ0v) is 17.3. The third-order valence-electron chi connectivity index (χ3n) is 4.47. The number of likely N-dealkylation sites (N-methyl/N-ethyl adjacent to an activating group) is 1. The lowest BCUT2D eigenvalue weighted by atomic mass is 10.3. The number of rotatable bonds is 0. The molecule has 0 saturated carbocycles. The van der Waals surface area contributed by atoms with Crippen molar-refractivity contribution in [2.24, 2.45) is 0 Å². The minimum Gasteiger partial charge on any atom is -0.379 e. The van der Waals surface area contributed by atoms with E-state index in [0.717, 1.165) is 52.5 Å². The highest BCUT2D eigenvalue weighted by atomic mass is 16.5. The average Bonchev–Trinajstić information content (AvgIpc) is 3.25. The molecule has 0 aromatic heterocycles. The molecule has 0 aromatic carbocycles. The molecule has 4 aliphatic heterocycles. The Hall–Kier alpha value is -0.280. The predicted molar refractivity (Wildman–Crippen MR) is 109 cm³/mol. The first-order chi connectivity index (χ1) is 12.7. The van der Waals surface area contributed by atoms with Crippen molar-refractivity contribution in [2.45, 2.75) is 38.9 Å². The number of ether oxygens (including phenoxy) is 2. The van der Waals surface area contributed by atoms with Crippen LogP contribution in [-0.4, -0.2) is 103 Å². The molecule has 4 fully saturated rings. The molecule has 7 nitrogen and oxygen atoms in total. The van der Waals surface area contributed by atoms with Crippen LogP contribution < -0.4 is 21.3 Å². The Morgan fingerprint density at radius 3 is 1.42 bits per heavy atom. The molecule has 4 saturated heterocycles. The maximum Gasteiger partial charge on any atom is 0.0675 e. The Morgan fingerprint density at radius 2 is 1.19 bits per heavy atom. The maximum atomic E-state index is 5.42. The summed E-state index contributed by atoms with van der Waals surface area (Å²) >= 11 is 0. The van der Waals surface area contributed by atoms with Crippen molar-refractivity contribution in [1.82, 2.24) is 26.2 Å². The van der Waals surface area contributed by atoms with E-state index in [9.17, 15) is 0 Å². The van der Waals surface area contributed by atoms with Crippen LogP contribution in [0.4, 0.5) is 0 Å². The lowest BCUT2D eigenvalue weighted by molar-refractivity contribution is -0.0166. The van der Waals surface area contributed by atoms with Gasteiger partial charge >= 0.3 is 0 Å². The van der Waals surface area contributed by atoms with E-state index in [1.54, 1.807) is 0 Å². The Kier molecular flexibility index (Phi) is 15.4. The van der Waals surface area contributed by atoms with Gasteiger partial charge in [0.1, 0.15) is 0 Å². The monoisotopic (exact) mass is 373 g/mol. The lowest BCUT2D eigenvalue weighted by Crippen LogP contribution is -2.41. The second-order valence-electron chi connectivity index (χ2n) is 7.29. The second kappa shape index (κ2) is 16.9. The van der Waals surface area contributed by atoms with E-state index in [2.05, 4.69) is 47.1 Å². The van der Waals surface area contributed by atoms with Crippen molar-refractivity contribution in [2.75, 3.05) is 85.7 Å². The largest absolute Gasteiger partial charge is 0.379 e. The van der Waals surface area contributed by atoms with Crippen molar-refractivity contribution in [3.63, 3.8) is 0 Å². The summed E-state index contributed by atoms with van der Waals surface area (Å²) in [4.78, 5) is 2.33. The Labute approximate surface area is 160 Å². The first kappa shape index (κ1) is 23.8. The number of nitrogens with one attached hydrogen (secondary N) is 4. The van der Waals surface area contributed by atoms with Crippen LogP contribution in [0.5, 0.6) is 0 Å². The normalized spacial score (nSPS) is 29.2. The molecule has 0 aliphatic carbocycles. The fraction of sp³-hybridized carbons (Fsp3) is 1.00. The molecule has 0 spiro atoms. The van der Waals surface area contributed by atoms with E-state index >= 15 is 0 Å². The summed E-state index contributed by atoms with van der Waals surface area (Å²) in [5.41, 5.74) is 0. The van der Waals surface area contributed by atoms with Gasteiger partial charge in [-0.15, -0.1) is 0 Å². The van der Waals surface area contributed by atoms with Gasteiger partial charge in [0.2, 0.25) is 0 Å². The minimum absolute atomic E-state index is 0.402. The Morgan fingerprint density at radius 1 is 0.692 bits per heavy atom. The van der Waals surface area contributed by atoms with Gasteiger partial charge in [-0.05, 0) is 46.8 Å². The van der Waals surface area contributed by atoms with E-state index in [1.807, 2.05) is 0 Å².